The highest BCUT2D eigenvalue weighted by Crippen LogP contribution is 2.37. The fourth-order valence-electron chi connectivity index (χ4n) is 2.23. The molecule has 124 valence electrons. The summed E-state index contributed by atoms with van der Waals surface area (Å²) in [6.45, 7) is 10.1. The molecule has 0 saturated carbocycles. The maximum Gasteiger partial charge on any atom is 0.231 e. The van der Waals surface area contributed by atoms with E-state index < -0.39 is 0 Å². The maximum atomic E-state index is 5.77. The molecule has 0 saturated heterocycles. The van der Waals surface area contributed by atoms with Crippen LogP contribution in [-0.2, 0) is 15.9 Å². The highest BCUT2D eigenvalue weighted by molar-refractivity contribution is 9.10. The van der Waals surface area contributed by atoms with E-state index >= 15 is 0 Å². The van der Waals surface area contributed by atoms with Crippen LogP contribution in [0.2, 0.25) is 0 Å². The first-order chi connectivity index (χ1) is 10.5. The average molecular weight is 373 g/mol. The Kier molecular flexibility index (Phi) is 6.53. The maximum absolute atomic E-state index is 5.77. The first-order valence-electron chi connectivity index (χ1n) is 7.77. The molecule has 0 bridgehead atoms. The minimum atomic E-state index is -0.162. The summed E-state index contributed by atoms with van der Waals surface area (Å²) in [7, 11) is 0. The Morgan fingerprint density at radius 3 is 2.36 bits per heavy atom. The second-order valence-corrected chi connectivity index (χ2v) is 7.09. The highest BCUT2D eigenvalue weighted by atomic mass is 79.9. The SMILES string of the molecule is CC(C)CO[C@@H](C)OC[C@@H](C)Cc1cc2c(cc1Br)OCO2. The Hall–Kier alpha value is -0.780. The van der Waals surface area contributed by atoms with E-state index in [0.29, 0.717) is 25.2 Å². The van der Waals surface area contributed by atoms with Gasteiger partial charge in [0.25, 0.3) is 0 Å². The lowest BCUT2D eigenvalue weighted by molar-refractivity contribution is -0.143. The van der Waals surface area contributed by atoms with Gasteiger partial charge in [0.2, 0.25) is 6.79 Å². The van der Waals surface area contributed by atoms with Gasteiger partial charge in [-0.3, -0.25) is 0 Å². The normalized spacial score (nSPS) is 16.1. The van der Waals surface area contributed by atoms with E-state index in [1.807, 2.05) is 19.1 Å². The lowest BCUT2D eigenvalue weighted by atomic mass is 10.0. The Morgan fingerprint density at radius 1 is 1.05 bits per heavy atom. The van der Waals surface area contributed by atoms with E-state index in [4.69, 9.17) is 18.9 Å². The second kappa shape index (κ2) is 8.18. The van der Waals surface area contributed by atoms with E-state index in [1.165, 1.54) is 5.56 Å². The molecule has 0 unspecified atom stereocenters. The van der Waals surface area contributed by atoms with Gasteiger partial charge in [0.15, 0.2) is 17.8 Å². The molecule has 1 aliphatic rings. The summed E-state index contributed by atoms with van der Waals surface area (Å²) >= 11 is 3.60. The molecule has 1 heterocycles. The van der Waals surface area contributed by atoms with Crippen molar-refractivity contribution in [3.8, 4) is 11.5 Å². The Morgan fingerprint density at radius 2 is 1.68 bits per heavy atom. The Bertz CT molecular complexity index is 490. The highest BCUT2D eigenvalue weighted by Gasteiger charge is 2.18. The second-order valence-electron chi connectivity index (χ2n) is 6.23. The smallest absolute Gasteiger partial charge is 0.231 e. The predicted molar refractivity (Wildman–Crippen MR) is 89.3 cm³/mol. The Labute approximate surface area is 141 Å². The molecule has 0 aliphatic carbocycles. The third-order valence-electron chi connectivity index (χ3n) is 3.39. The molecule has 5 heteroatoms. The molecular formula is C17H25BrO4. The lowest BCUT2D eigenvalue weighted by Crippen LogP contribution is -2.20. The van der Waals surface area contributed by atoms with Crippen molar-refractivity contribution in [1.82, 2.24) is 0 Å². The molecule has 22 heavy (non-hydrogen) atoms. The third kappa shape index (κ3) is 5.14. The molecule has 0 radical (unpaired) electrons. The summed E-state index contributed by atoms with van der Waals surface area (Å²) < 4.78 is 23.2. The summed E-state index contributed by atoms with van der Waals surface area (Å²) in [5, 5.41) is 0. The van der Waals surface area contributed by atoms with Crippen molar-refractivity contribution in [2.24, 2.45) is 11.8 Å². The van der Waals surface area contributed by atoms with Crippen LogP contribution >= 0.6 is 15.9 Å². The quantitative estimate of drug-likeness (QED) is 0.634. The number of hydrogen-bond donors (Lipinski definition) is 0. The third-order valence-corrected chi connectivity index (χ3v) is 4.13. The molecule has 0 spiro atoms. The number of fused-ring (bicyclic) bond motifs is 1. The largest absolute Gasteiger partial charge is 0.454 e. The zero-order valence-corrected chi connectivity index (χ0v) is 15.3. The van der Waals surface area contributed by atoms with Crippen LogP contribution in [0.15, 0.2) is 16.6 Å². The van der Waals surface area contributed by atoms with Crippen LogP contribution in [0.3, 0.4) is 0 Å². The fourth-order valence-corrected chi connectivity index (χ4v) is 2.71. The van der Waals surface area contributed by atoms with Gasteiger partial charge in [-0.05, 0) is 42.9 Å². The molecule has 0 aromatic heterocycles. The molecule has 2 atom stereocenters. The van der Waals surface area contributed by atoms with E-state index in [2.05, 4.69) is 36.7 Å². The molecule has 0 amide bonds. The van der Waals surface area contributed by atoms with Crippen LogP contribution in [-0.4, -0.2) is 26.3 Å². The zero-order valence-electron chi connectivity index (χ0n) is 13.7. The lowest BCUT2D eigenvalue weighted by Gasteiger charge is -2.19. The minimum Gasteiger partial charge on any atom is -0.454 e. The molecule has 0 fully saturated rings. The molecule has 4 nitrogen and oxygen atoms in total. The number of benzene rings is 1. The first kappa shape index (κ1) is 17.6. The molecule has 1 aromatic carbocycles. The summed E-state index contributed by atoms with van der Waals surface area (Å²) in [6, 6.07) is 4.02. The average Bonchev–Trinajstić information content (AvgIpc) is 2.90. The summed E-state index contributed by atoms with van der Waals surface area (Å²) in [6.07, 6.45) is 0.749. The van der Waals surface area contributed by atoms with E-state index in [0.717, 1.165) is 29.0 Å². The standard InChI is InChI=1S/C17H25BrO4/c1-11(2)8-19-13(4)20-9-12(3)5-14-6-16-17(7-15(14)18)22-10-21-16/h6-7,11-13H,5,8-10H2,1-4H3/t12-,13+/m0/s1. The molecule has 2 rings (SSSR count). The van der Waals surface area contributed by atoms with Gasteiger partial charge in [0, 0.05) is 4.47 Å². The van der Waals surface area contributed by atoms with Gasteiger partial charge in [-0.15, -0.1) is 0 Å². The van der Waals surface area contributed by atoms with Crippen LogP contribution in [0.25, 0.3) is 0 Å². The van der Waals surface area contributed by atoms with Crippen LogP contribution in [0.1, 0.15) is 33.3 Å². The van der Waals surface area contributed by atoms with Crippen molar-refractivity contribution in [1.29, 1.82) is 0 Å². The van der Waals surface area contributed by atoms with Crippen molar-refractivity contribution in [3.63, 3.8) is 0 Å². The monoisotopic (exact) mass is 372 g/mol. The van der Waals surface area contributed by atoms with Gasteiger partial charge >= 0.3 is 0 Å². The van der Waals surface area contributed by atoms with Gasteiger partial charge in [0.05, 0.1) is 13.2 Å². The first-order valence-corrected chi connectivity index (χ1v) is 8.56. The number of halogens is 1. The van der Waals surface area contributed by atoms with Crippen LogP contribution in [0.4, 0.5) is 0 Å². The zero-order chi connectivity index (χ0) is 16.1. The van der Waals surface area contributed by atoms with Gasteiger partial charge in [-0.2, -0.15) is 0 Å². The van der Waals surface area contributed by atoms with Crippen molar-refractivity contribution >= 4 is 15.9 Å². The van der Waals surface area contributed by atoms with Crippen LogP contribution < -0.4 is 9.47 Å². The molecule has 1 aromatic rings. The van der Waals surface area contributed by atoms with E-state index in [9.17, 15) is 0 Å². The van der Waals surface area contributed by atoms with Crippen molar-refractivity contribution in [3.05, 3.63) is 22.2 Å². The van der Waals surface area contributed by atoms with Gasteiger partial charge in [0.1, 0.15) is 0 Å². The van der Waals surface area contributed by atoms with E-state index in [-0.39, 0.29) is 6.29 Å². The molecule has 1 aliphatic heterocycles. The topological polar surface area (TPSA) is 36.9 Å². The fraction of sp³-hybridized carbons (Fsp3) is 0.647. The molecular weight excluding hydrogens is 348 g/mol. The summed E-state index contributed by atoms with van der Waals surface area (Å²) in [5.74, 6) is 2.53. The number of hydrogen-bond acceptors (Lipinski definition) is 4. The van der Waals surface area contributed by atoms with Crippen molar-refractivity contribution in [2.45, 2.75) is 40.4 Å². The number of ether oxygens (including phenoxy) is 4. The summed E-state index contributed by atoms with van der Waals surface area (Å²) in [5.41, 5.74) is 1.20. The number of rotatable bonds is 8. The van der Waals surface area contributed by atoms with Gasteiger partial charge in [-0.1, -0.05) is 36.7 Å². The van der Waals surface area contributed by atoms with Gasteiger partial charge in [-0.25, -0.2) is 0 Å². The summed E-state index contributed by atoms with van der Waals surface area (Å²) in [4.78, 5) is 0. The van der Waals surface area contributed by atoms with Crippen LogP contribution in [0, 0.1) is 11.8 Å². The molecule has 0 N–H and O–H groups in total. The van der Waals surface area contributed by atoms with Crippen molar-refractivity contribution < 1.29 is 18.9 Å². The van der Waals surface area contributed by atoms with Crippen molar-refractivity contribution in [2.75, 3.05) is 20.0 Å². The van der Waals surface area contributed by atoms with Gasteiger partial charge < -0.3 is 18.9 Å². The predicted octanol–water partition coefficient (Wildman–Crippen LogP) is 4.39. The minimum absolute atomic E-state index is 0.162. The van der Waals surface area contributed by atoms with E-state index in [1.54, 1.807) is 0 Å². The Balaban J connectivity index is 1.81. The van der Waals surface area contributed by atoms with Crippen LogP contribution in [0.5, 0.6) is 11.5 Å².